The van der Waals surface area contributed by atoms with Crippen LogP contribution in [0.15, 0.2) is 36.5 Å². The lowest BCUT2D eigenvalue weighted by atomic mass is 10.1. The molecule has 1 aromatic carbocycles. The molecule has 0 saturated heterocycles. The zero-order valence-corrected chi connectivity index (χ0v) is 12.5. The average molecular weight is 295 g/mol. The Morgan fingerprint density at radius 1 is 1.14 bits per heavy atom. The van der Waals surface area contributed by atoms with E-state index in [4.69, 9.17) is 0 Å². The molecule has 4 aromatic rings. The van der Waals surface area contributed by atoms with Gasteiger partial charge in [-0.3, -0.25) is 4.98 Å². The van der Waals surface area contributed by atoms with Crippen molar-refractivity contribution in [3.8, 4) is 10.6 Å². The summed E-state index contributed by atoms with van der Waals surface area (Å²) in [5.41, 5.74) is 2.08. The molecule has 4 rings (SSSR count). The lowest BCUT2D eigenvalue weighted by molar-refractivity contribution is 0.727. The summed E-state index contributed by atoms with van der Waals surface area (Å²) in [6.07, 6.45) is 1.81. The summed E-state index contributed by atoms with van der Waals surface area (Å²) in [5, 5.41) is 15.1. The van der Waals surface area contributed by atoms with Crippen LogP contribution in [0.1, 0.15) is 25.6 Å². The van der Waals surface area contributed by atoms with Gasteiger partial charge in [0.15, 0.2) is 5.82 Å². The molecular weight excluding hydrogens is 282 g/mol. The summed E-state index contributed by atoms with van der Waals surface area (Å²) in [5.74, 6) is 1.20. The van der Waals surface area contributed by atoms with Crippen molar-refractivity contribution in [2.75, 3.05) is 0 Å². The van der Waals surface area contributed by atoms with Crippen molar-refractivity contribution < 1.29 is 0 Å². The minimum atomic E-state index is 0.302. The van der Waals surface area contributed by atoms with Gasteiger partial charge in [0.05, 0.1) is 5.52 Å². The van der Waals surface area contributed by atoms with E-state index in [-0.39, 0.29) is 0 Å². The lowest BCUT2D eigenvalue weighted by Gasteiger charge is -2.00. The molecule has 0 radical (unpaired) electrons. The van der Waals surface area contributed by atoms with Crippen molar-refractivity contribution >= 4 is 27.2 Å². The van der Waals surface area contributed by atoms with Crippen LogP contribution in [0, 0.1) is 0 Å². The normalized spacial score (nSPS) is 11.8. The SMILES string of the molecule is CC(C)c1nnc2sc(-c3ccc4ncccc4c3)nn12. The molecule has 0 fully saturated rings. The Morgan fingerprint density at radius 2 is 2.05 bits per heavy atom. The molecule has 0 unspecified atom stereocenters. The maximum atomic E-state index is 4.66. The fourth-order valence-corrected chi connectivity index (χ4v) is 3.16. The van der Waals surface area contributed by atoms with E-state index in [9.17, 15) is 0 Å². The molecular formula is C15H13N5S. The van der Waals surface area contributed by atoms with Crippen molar-refractivity contribution in [2.24, 2.45) is 0 Å². The van der Waals surface area contributed by atoms with E-state index in [1.54, 1.807) is 17.5 Å². The fraction of sp³-hybridized carbons (Fsp3) is 0.200. The van der Waals surface area contributed by atoms with E-state index in [2.05, 4.69) is 52.3 Å². The average Bonchev–Trinajstić information content (AvgIpc) is 3.06. The number of aromatic nitrogens is 5. The third kappa shape index (κ3) is 1.99. The maximum absolute atomic E-state index is 4.66. The van der Waals surface area contributed by atoms with Gasteiger partial charge in [-0.25, -0.2) is 0 Å². The Hall–Kier alpha value is -2.34. The van der Waals surface area contributed by atoms with Crippen LogP contribution in [0.5, 0.6) is 0 Å². The minimum absolute atomic E-state index is 0.302. The summed E-state index contributed by atoms with van der Waals surface area (Å²) in [4.78, 5) is 5.17. The first kappa shape index (κ1) is 12.4. The van der Waals surface area contributed by atoms with Crippen LogP contribution >= 0.6 is 11.3 Å². The second-order valence-electron chi connectivity index (χ2n) is 5.23. The third-order valence-electron chi connectivity index (χ3n) is 3.38. The molecule has 0 aliphatic heterocycles. The topological polar surface area (TPSA) is 56.0 Å². The number of pyridine rings is 1. The number of nitrogens with zero attached hydrogens (tertiary/aromatic N) is 5. The first-order valence-corrected chi connectivity index (χ1v) is 7.61. The number of hydrogen-bond acceptors (Lipinski definition) is 5. The van der Waals surface area contributed by atoms with Crippen molar-refractivity contribution in [3.63, 3.8) is 0 Å². The molecule has 0 spiro atoms. The maximum Gasteiger partial charge on any atom is 0.234 e. The predicted molar refractivity (Wildman–Crippen MR) is 83.5 cm³/mol. The first-order chi connectivity index (χ1) is 10.2. The Labute approximate surface area is 125 Å². The van der Waals surface area contributed by atoms with Gasteiger partial charge >= 0.3 is 0 Å². The summed E-state index contributed by atoms with van der Waals surface area (Å²) >= 11 is 1.55. The number of benzene rings is 1. The van der Waals surface area contributed by atoms with Gasteiger partial charge in [-0.1, -0.05) is 31.3 Å². The van der Waals surface area contributed by atoms with Gasteiger partial charge in [-0.15, -0.1) is 10.2 Å². The highest BCUT2D eigenvalue weighted by atomic mass is 32.1. The minimum Gasteiger partial charge on any atom is -0.256 e. The fourth-order valence-electron chi connectivity index (χ4n) is 2.32. The Balaban J connectivity index is 1.87. The molecule has 104 valence electrons. The van der Waals surface area contributed by atoms with Crippen molar-refractivity contribution in [3.05, 3.63) is 42.4 Å². The van der Waals surface area contributed by atoms with Gasteiger partial charge in [0.2, 0.25) is 4.96 Å². The highest BCUT2D eigenvalue weighted by Gasteiger charge is 2.15. The van der Waals surface area contributed by atoms with Crippen LogP contribution < -0.4 is 0 Å². The lowest BCUT2D eigenvalue weighted by Crippen LogP contribution is -1.97. The molecule has 3 aromatic heterocycles. The molecule has 21 heavy (non-hydrogen) atoms. The monoisotopic (exact) mass is 295 g/mol. The van der Waals surface area contributed by atoms with Crippen LogP contribution in [0.2, 0.25) is 0 Å². The van der Waals surface area contributed by atoms with Gasteiger partial charge in [0.25, 0.3) is 0 Å². The molecule has 0 saturated carbocycles. The highest BCUT2D eigenvalue weighted by molar-refractivity contribution is 7.19. The molecule has 0 atom stereocenters. The molecule has 6 heteroatoms. The van der Waals surface area contributed by atoms with Gasteiger partial charge in [-0.05, 0) is 24.3 Å². The van der Waals surface area contributed by atoms with Crippen LogP contribution in [0.25, 0.3) is 26.4 Å². The molecule has 0 aliphatic carbocycles. The second kappa shape index (κ2) is 4.60. The van der Waals surface area contributed by atoms with Crippen LogP contribution in [-0.4, -0.2) is 24.8 Å². The Bertz CT molecular complexity index is 937. The first-order valence-electron chi connectivity index (χ1n) is 6.79. The molecule has 0 bridgehead atoms. The Morgan fingerprint density at radius 3 is 2.90 bits per heavy atom. The quantitative estimate of drug-likeness (QED) is 0.567. The summed E-state index contributed by atoms with van der Waals surface area (Å²) in [7, 11) is 0. The molecule has 3 heterocycles. The number of rotatable bonds is 2. The van der Waals surface area contributed by atoms with Gasteiger partial charge in [0, 0.05) is 23.1 Å². The van der Waals surface area contributed by atoms with Gasteiger partial charge in [0.1, 0.15) is 5.01 Å². The van der Waals surface area contributed by atoms with E-state index in [1.807, 2.05) is 16.6 Å². The standard InChI is InChI=1S/C15H13N5S/c1-9(2)13-17-18-15-20(13)19-14(21-15)11-5-6-12-10(8-11)4-3-7-16-12/h3-9H,1-2H3. The summed E-state index contributed by atoms with van der Waals surface area (Å²) < 4.78 is 1.85. The predicted octanol–water partition coefficient (Wildman–Crippen LogP) is 3.52. The van der Waals surface area contributed by atoms with E-state index in [1.165, 1.54) is 0 Å². The second-order valence-corrected chi connectivity index (χ2v) is 6.18. The summed E-state index contributed by atoms with van der Waals surface area (Å²) in [6, 6.07) is 10.2. The van der Waals surface area contributed by atoms with E-state index in [0.29, 0.717) is 5.92 Å². The number of hydrogen-bond donors (Lipinski definition) is 0. The molecule has 0 N–H and O–H groups in total. The third-order valence-corrected chi connectivity index (χ3v) is 4.33. The van der Waals surface area contributed by atoms with E-state index in [0.717, 1.165) is 32.3 Å². The largest absolute Gasteiger partial charge is 0.256 e. The zero-order chi connectivity index (χ0) is 14.4. The molecule has 0 amide bonds. The van der Waals surface area contributed by atoms with Crippen molar-refractivity contribution in [2.45, 2.75) is 19.8 Å². The smallest absolute Gasteiger partial charge is 0.234 e. The van der Waals surface area contributed by atoms with E-state index >= 15 is 0 Å². The molecule has 5 nitrogen and oxygen atoms in total. The van der Waals surface area contributed by atoms with Gasteiger partial charge < -0.3 is 0 Å². The van der Waals surface area contributed by atoms with Crippen molar-refractivity contribution in [1.82, 2.24) is 24.8 Å². The van der Waals surface area contributed by atoms with Crippen LogP contribution in [-0.2, 0) is 0 Å². The van der Waals surface area contributed by atoms with Crippen LogP contribution in [0.3, 0.4) is 0 Å². The van der Waals surface area contributed by atoms with E-state index < -0.39 is 0 Å². The summed E-state index contributed by atoms with van der Waals surface area (Å²) in [6.45, 7) is 4.19. The van der Waals surface area contributed by atoms with Gasteiger partial charge in [-0.2, -0.15) is 9.61 Å². The van der Waals surface area contributed by atoms with Crippen molar-refractivity contribution in [1.29, 1.82) is 0 Å². The molecule has 0 aliphatic rings. The zero-order valence-electron chi connectivity index (χ0n) is 11.7. The van der Waals surface area contributed by atoms with Crippen LogP contribution in [0.4, 0.5) is 0 Å². The Kier molecular flexibility index (Phi) is 2.71. The highest BCUT2D eigenvalue weighted by Crippen LogP contribution is 2.28. The number of fused-ring (bicyclic) bond motifs is 2.